The highest BCUT2D eigenvalue weighted by Gasteiger charge is 2.45. The Hall–Kier alpha value is -4.72. The summed E-state index contributed by atoms with van der Waals surface area (Å²) in [7, 11) is 0. The number of hydrogen-bond donors (Lipinski definition) is 1. The van der Waals surface area contributed by atoms with Crippen molar-refractivity contribution in [2.45, 2.75) is 29.8 Å². The summed E-state index contributed by atoms with van der Waals surface area (Å²) in [5.41, 5.74) is 18.5. The van der Waals surface area contributed by atoms with E-state index in [-0.39, 0.29) is 23.7 Å². The van der Waals surface area contributed by atoms with Crippen molar-refractivity contribution in [3.05, 3.63) is 211 Å². The third kappa shape index (κ3) is 2.73. The molecule has 0 aromatic heterocycles. The minimum absolute atomic E-state index is 0.126. The van der Waals surface area contributed by atoms with E-state index in [1.807, 2.05) is 0 Å². The second-order valence-corrected chi connectivity index (χ2v) is 12.4. The molecule has 1 heteroatoms. The van der Waals surface area contributed by atoms with Crippen LogP contribution in [0.15, 0.2) is 133 Å². The van der Waals surface area contributed by atoms with Gasteiger partial charge in [0.15, 0.2) is 0 Å². The maximum atomic E-state index is 12.6. The van der Waals surface area contributed by atoms with E-state index in [1.54, 1.807) is 0 Å². The lowest BCUT2D eigenvalue weighted by molar-refractivity contribution is 0.217. The Kier molecular flexibility index (Phi) is 4.46. The quantitative estimate of drug-likeness (QED) is 0.234. The molecule has 6 aliphatic rings. The topological polar surface area (TPSA) is 20.2 Å². The molecule has 198 valence electrons. The van der Waals surface area contributed by atoms with Crippen LogP contribution in [0.2, 0.25) is 0 Å². The highest BCUT2D eigenvalue weighted by atomic mass is 16.3. The van der Waals surface area contributed by atoms with Crippen LogP contribution in [0, 0.1) is 0 Å². The molecule has 0 spiro atoms. The minimum atomic E-state index is -0.716. The summed E-state index contributed by atoms with van der Waals surface area (Å²) in [4.78, 5) is 0. The minimum Gasteiger partial charge on any atom is -0.384 e. The largest absolute Gasteiger partial charge is 0.384 e. The molecule has 6 aliphatic carbocycles. The van der Waals surface area contributed by atoms with Gasteiger partial charge in [0.05, 0.1) is 0 Å². The Morgan fingerprint density at radius 1 is 0.310 bits per heavy atom. The monoisotopic (exact) mass is 536 g/mol. The first kappa shape index (κ1) is 22.9. The highest BCUT2D eigenvalue weighted by Crippen LogP contribution is 2.59. The van der Waals surface area contributed by atoms with E-state index in [1.165, 1.54) is 66.8 Å². The number of benzene rings is 6. The Labute approximate surface area is 245 Å². The summed E-state index contributed by atoms with van der Waals surface area (Å²) in [5.74, 6) is 0.648. The SMILES string of the molecule is OC(c1cccc2c1C1c3ccccc3C2c2ccccc21)c1cccc2c1C1c3ccccc3C2c2ccccc21. The Balaban J connectivity index is 1.20. The maximum Gasteiger partial charge on any atom is 0.105 e. The summed E-state index contributed by atoms with van der Waals surface area (Å²) in [6.07, 6.45) is -0.716. The van der Waals surface area contributed by atoms with Crippen molar-refractivity contribution in [1.82, 2.24) is 0 Å². The van der Waals surface area contributed by atoms with Crippen LogP contribution < -0.4 is 0 Å². The standard InChI is InChI=1S/C41H28O/c42-41(33-21-9-19-31-35-23-11-1-5-15-27(23)37(39(31)33)28-16-6-2-12-24(28)35)34-22-10-20-32-36-25-13-3-7-17-29(25)38(40(32)34)30-18-8-4-14-26(30)36/h1-22,35-38,41-42H. The zero-order valence-corrected chi connectivity index (χ0v) is 23.0. The molecule has 6 aromatic rings. The Bertz CT molecular complexity index is 1860. The fourth-order valence-corrected chi connectivity index (χ4v) is 9.13. The first-order valence-corrected chi connectivity index (χ1v) is 15.1. The molecule has 0 unspecified atom stereocenters. The van der Waals surface area contributed by atoms with Crippen LogP contribution in [0.5, 0.6) is 0 Å². The van der Waals surface area contributed by atoms with E-state index in [4.69, 9.17) is 0 Å². The second kappa shape index (κ2) is 8.18. The van der Waals surface area contributed by atoms with Crippen LogP contribution in [0.25, 0.3) is 0 Å². The lowest BCUT2D eigenvalue weighted by Gasteiger charge is -2.45. The molecule has 0 amide bonds. The zero-order valence-electron chi connectivity index (χ0n) is 23.0. The summed E-state index contributed by atoms with van der Waals surface area (Å²) >= 11 is 0. The van der Waals surface area contributed by atoms with Crippen molar-refractivity contribution in [2.75, 3.05) is 0 Å². The van der Waals surface area contributed by atoms with Crippen LogP contribution in [-0.4, -0.2) is 5.11 Å². The van der Waals surface area contributed by atoms with Gasteiger partial charge in [-0.05, 0) is 77.9 Å². The van der Waals surface area contributed by atoms with Crippen molar-refractivity contribution in [3.8, 4) is 0 Å². The van der Waals surface area contributed by atoms with Gasteiger partial charge < -0.3 is 5.11 Å². The summed E-state index contributed by atoms with van der Waals surface area (Å²) in [6.45, 7) is 0. The van der Waals surface area contributed by atoms with Crippen LogP contribution in [0.3, 0.4) is 0 Å². The van der Waals surface area contributed by atoms with E-state index >= 15 is 0 Å². The molecule has 0 heterocycles. The molecule has 1 N–H and O–H groups in total. The van der Waals surface area contributed by atoms with E-state index in [0.29, 0.717) is 0 Å². The average Bonchev–Trinajstić information content (AvgIpc) is 3.07. The van der Waals surface area contributed by atoms with Gasteiger partial charge in [-0.2, -0.15) is 0 Å². The summed E-state index contributed by atoms with van der Waals surface area (Å²) in [5, 5.41) is 12.6. The molecular weight excluding hydrogens is 508 g/mol. The van der Waals surface area contributed by atoms with Crippen LogP contribution >= 0.6 is 0 Å². The van der Waals surface area contributed by atoms with Crippen molar-refractivity contribution >= 4 is 0 Å². The molecule has 0 atom stereocenters. The third-order valence-electron chi connectivity index (χ3n) is 10.6. The smallest absolute Gasteiger partial charge is 0.105 e. The van der Waals surface area contributed by atoms with E-state index in [0.717, 1.165) is 11.1 Å². The van der Waals surface area contributed by atoms with Gasteiger partial charge in [0.25, 0.3) is 0 Å². The predicted molar refractivity (Wildman–Crippen MR) is 166 cm³/mol. The molecule has 0 aliphatic heterocycles. The first-order valence-electron chi connectivity index (χ1n) is 15.1. The van der Waals surface area contributed by atoms with E-state index < -0.39 is 6.10 Å². The molecule has 0 fully saturated rings. The second-order valence-electron chi connectivity index (χ2n) is 12.4. The van der Waals surface area contributed by atoms with Gasteiger partial charge in [-0.1, -0.05) is 133 Å². The number of aliphatic hydroxyl groups is 1. The van der Waals surface area contributed by atoms with E-state index in [2.05, 4.69) is 133 Å². The van der Waals surface area contributed by atoms with E-state index in [9.17, 15) is 5.11 Å². The molecule has 42 heavy (non-hydrogen) atoms. The third-order valence-corrected chi connectivity index (χ3v) is 10.6. The van der Waals surface area contributed by atoms with Crippen molar-refractivity contribution in [1.29, 1.82) is 0 Å². The summed E-state index contributed by atoms with van der Waals surface area (Å²) in [6, 6.07) is 49.0. The molecule has 6 aromatic carbocycles. The van der Waals surface area contributed by atoms with Crippen LogP contribution in [0.4, 0.5) is 0 Å². The normalized spacial score (nSPS) is 21.8. The van der Waals surface area contributed by atoms with Gasteiger partial charge in [0.2, 0.25) is 0 Å². The highest BCUT2D eigenvalue weighted by molar-refractivity contribution is 5.72. The van der Waals surface area contributed by atoms with Crippen LogP contribution in [0.1, 0.15) is 108 Å². The average molecular weight is 537 g/mol. The molecule has 0 saturated carbocycles. The van der Waals surface area contributed by atoms with Crippen molar-refractivity contribution in [2.24, 2.45) is 0 Å². The lowest BCUT2D eigenvalue weighted by atomic mass is 9.58. The number of aliphatic hydroxyl groups excluding tert-OH is 1. The van der Waals surface area contributed by atoms with Gasteiger partial charge in [-0.3, -0.25) is 0 Å². The summed E-state index contributed by atoms with van der Waals surface area (Å²) < 4.78 is 0. The first-order chi connectivity index (χ1) is 20.8. The molecule has 0 saturated heterocycles. The van der Waals surface area contributed by atoms with Gasteiger partial charge in [-0.25, -0.2) is 0 Å². The zero-order chi connectivity index (χ0) is 27.5. The fourth-order valence-electron chi connectivity index (χ4n) is 9.13. The van der Waals surface area contributed by atoms with Crippen LogP contribution in [-0.2, 0) is 0 Å². The molecule has 12 rings (SSSR count). The molecule has 0 radical (unpaired) electrons. The predicted octanol–water partition coefficient (Wildman–Crippen LogP) is 8.74. The number of hydrogen-bond acceptors (Lipinski definition) is 1. The Morgan fingerprint density at radius 2 is 0.571 bits per heavy atom. The van der Waals surface area contributed by atoms with Gasteiger partial charge in [0.1, 0.15) is 6.10 Å². The molecule has 1 nitrogen and oxygen atoms in total. The fraction of sp³-hybridized carbons (Fsp3) is 0.122. The van der Waals surface area contributed by atoms with Gasteiger partial charge in [0, 0.05) is 23.7 Å². The van der Waals surface area contributed by atoms with Crippen molar-refractivity contribution < 1.29 is 5.11 Å². The maximum absolute atomic E-state index is 12.6. The van der Waals surface area contributed by atoms with Gasteiger partial charge in [-0.15, -0.1) is 0 Å². The number of rotatable bonds is 2. The molecular formula is C41H28O. The van der Waals surface area contributed by atoms with Gasteiger partial charge >= 0.3 is 0 Å². The molecule has 4 bridgehead atoms. The lowest BCUT2D eigenvalue weighted by Crippen LogP contribution is -2.30. The Morgan fingerprint density at radius 3 is 0.881 bits per heavy atom. The van der Waals surface area contributed by atoms with Crippen molar-refractivity contribution in [3.63, 3.8) is 0 Å².